The van der Waals surface area contributed by atoms with Crippen molar-refractivity contribution in [1.29, 1.82) is 0 Å². The molecule has 0 bridgehead atoms. The van der Waals surface area contributed by atoms with Gasteiger partial charge in [0.25, 0.3) is 5.91 Å². The molecule has 0 aliphatic carbocycles. The zero-order valence-corrected chi connectivity index (χ0v) is 14.9. The van der Waals surface area contributed by atoms with Crippen LogP contribution in [-0.2, 0) is 19.6 Å². The Balaban J connectivity index is 2.94. The van der Waals surface area contributed by atoms with Crippen LogP contribution < -0.4 is 5.32 Å². The largest absolute Gasteiger partial charge is 0.452 e. The fraction of sp³-hybridized carbons (Fsp3) is 0.286. The summed E-state index contributed by atoms with van der Waals surface area (Å²) < 4.78 is 30.4. The third kappa shape index (κ3) is 5.06. The average Bonchev–Trinajstić information content (AvgIpc) is 2.50. The van der Waals surface area contributed by atoms with E-state index in [2.05, 4.69) is 27.2 Å². The Kier molecular flexibility index (Phi) is 6.75. The molecule has 1 N–H and O–H groups in total. The number of hydrogen-bond donors (Lipinski definition) is 1. The summed E-state index contributed by atoms with van der Waals surface area (Å²) in [5.74, 6) is 0.829. The normalized spacial score (nSPS) is 10.9. The first-order chi connectivity index (χ1) is 10.7. The Morgan fingerprint density at radius 1 is 1.39 bits per heavy atom. The van der Waals surface area contributed by atoms with Gasteiger partial charge in [0.05, 0.1) is 17.0 Å². The van der Waals surface area contributed by atoms with Crippen molar-refractivity contribution in [2.24, 2.45) is 0 Å². The monoisotopic (exact) mass is 402 g/mol. The van der Waals surface area contributed by atoms with Crippen LogP contribution in [0.3, 0.4) is 0 Å². The van der Waals surface area contributed by atoms with E-state index in [0.717, 1.165) is 4.31 Å². The number of ether oxygens (including phenoxy) is 1. The van der Waals surface area contributed by atoms with Gasteiger partial charge in [-0.3, -0.25) is 4.79 Å². The summed E-state index contributed by atoms with van der Waals surface area (Å²) >= 11 is 3.15. The van der Waals surface area contributed by atoms with Crippen LogP contribution in [0.2, 0.25) is 0 Å². The van der Waals surface area contributed by atoms with Gasteiger partial charge in [0.2, 0.25) is 10.0 Å². The number of nitrogens with zero attached hydrogens (tertiary/aromatic N) is 1. The number of carbonyl (C=O) groups is 2. The minimum atomic E-state index is -3.69. The maximum absolute atomic E-state index is 12.1. The summed E-state index contributed by atoms with van der Waals surface area (Å²) in [6.45, 7) is -0.492. The van der Waals surface area contributed by atoms with Crippen molar-refractivity contribution in [3.63, 3.8) is 0 Å². The molecular formula is C14H15BrN2O5S. The molecule has 0 unspecified atom stereocenters. The minimum Gasteiger partial charge on any atom is -0.452 e. The second-order valence-corrected chi connectivity index (χ2v) is 7.49. The van der Waals surface area contributed by atoms with Crippen LogP contribution >= 0.6 is 15.9 Å². The Morgan fingerprint density at radius 3 is 2.61 bits per heavy atom. The molecule has 7 nitrogen and oxygen atoms in total. The fourth-order valence-electron chi connectivity index (χ4n) is 1.44. The first-order valence-electron chi connectivity index (χ1n) is 6.29. The maximum Gasteiger partial charge on any atom is 0.339 e. The fourth-order valence-corrected chi connectivity index (χ4v) is 2.78. The van der Waals surface area contributed by atoms with Gasteiger partial charge in [0.15, 0.2) is 6.61 Å². The van der Waals surface area contributed by atoms with E-state index in [1.807, 2.05) is 0 Å². The van der Waals surface area contributed by atoms with E-state index in [1.54, 1.807) is 0 Å². The second-order valence-electron chi connectivity index (χ2n) is 4.49. The average molecular weight is 403 g/mol. The molecule has 0 heterocycles. The molecular weight excluding hydrogens is 388 g/mol. The number of benzene rings is 1. The quantitative estimate of drug-likeness (QED) is 0.555. The van der Waals surface area contributed by atoms with Gasteiger partial charge in [-0.05, 0) is 34.1 Å². The van der Waals surface area contributed by atoms with E-state index in [4.69, 9.17) is 11.2 Å². The molecule has 1 amide bonds. The van der Waals surface area contributed by atoms with Gasteiger partial charge in [-0.2, -0.15) is 0 Å². The molecule has 1 aromatic rings. The third-order valence-electron chi connectivity index (χ3n) is 2.66. The standard InChI is InChI=1S/C14H15BrN2O5S/c1-4-7-16-13(18)9-22-14(19)11-8-10(5-6-12(11)15)23(20,21)17(2)3/h1,5-6,8H,7,9H2,2-3H3,(H,16,18). The lowest BCUT2D eigenvalue weighted by Crippen LogP contribution is -2.29. The summed E-state index contributed by atoms with van der Waals surface area (Å²) in [5, 5.41) is 2.34. The van der Waals surface area contributed by atoms with Gasteiger partial charge in [0.1, 0.15) is 0 Å². The molecule has 124 valence electrons. The highest BCUT2D eigenvalue weighted by molar-refractivity contribution is 9.10. The third-order valence-corrected chi connectivity index (χ3v) is 5.16. The van der Waals surface area contributed by atoms with Crippen LogP contribution in [0.5, 0.6) is 0 Å². The van der Waals surface area contributed by atoms with Crippen LogP contribution in [0.4, 0.5) is 0 Å². The van der Waals surface area contributed by atoms with E-state index in [9.17, 15) is 18.0 Å². The number of hydrogen-bond acceptors (Lipinski definition) is 5. The zero-order valence-electron chi connectivity index (χ0n) is 12.5. The van der Waals surface area contributed by atoms with E-state index in [1.165, 1.54) is 32.3 Å². The first kappa shape index (κ1) is 19.2. The molecule has 0 fully saturated rings. The van der Waals surface area contributed by atoms with Crippen molar-refractivity contribution in [2.45, 2.75) is 4.90 Å². The van der Waals surface area contributed by atoms with Crippen molar-refractivity contribution >= 4 is 37.8 Å². The smallest absolute Gasteiger partial charge is 0.339 e. The molecule has 23 heavy (non-hydrogen) atoms. The van der Waals surface area contributed by atoms with E-state index in [-0.39, 0.29) is 17.0 Å². The summed E-state index contributed by atoms with van der Waals surface area (Å²) in [6, 6.07) is 3.96. The van der Waals surface area contributed by atoms with E-state index >= 15 is 0 Å². The Morgan fingerprint density at radius 2 is 2.04 bits per heavy atom. The van der Waals surface area contributed by atoms with E-state index < -0.39 is 28.5 Å². The highest BCUT2D eigenvalue weighted by Crippen LogP contribution is 2.23. The van der Waals surface area contributed by atoms with Gasteiger partial charge in [-0.15, -0.1) is 6.42 Å². The van der Waals surface area contributed by atoms with E-state index in [0.29, 0.717) is 4.47 Å². The van der Waals surface area contributed by atoms with Crippen molar-refractivity contribution in [1.82, 2.24) is 9.62 Å². The SMILES string of the molecule is C#CCNC(=O)COC(=O)c1cc(S(=O)(=O)N(C)C)ccc1Br. The summed E-state index contributed by atoms with van der Waals surface area (Å²) in [7, 11) is -0.929. The number of sulfonamides is 1. The molecule has 0 aliphatic rings. The molecule has 9 heteroatoms. The molecule has 0 saturated heterocycles. The lowest BCUT2D eigenvalue weighted by molar-refractivity contribution is -0.123. The molecule has 0 saturated carbocycles. The topological polar surface area (TPSA) is 92.8 Å². The van der Waals surface area contributed by atoms with Crippen LogP contribution in [0.15, 0.2) is 27.6 Å². The first-order valence-corrected chi connectivity index (χ1v) is 8.52. The van der Waals surface area contributed by atoms with Gasteiger partial charge < -0.3 is 10.1 Å². The second kappa shape index (κ2) is 8.10. The minimum absolute atomic E-state index is 0.00215. The van der Waals surface area contributed by atoms with Gasteiger partial charge in [-0.1, -0.05) is 5.92 Å². The molecule has 0 spiro atoms. The van der Waals surface area contributed by atoms with Crippen molar-refractivity contribution in [2.75, 3.05) is 27.2 Å². The molecule has 0 radical (unpaired) electrons. The molecule has 0 atom stereocenters. The van der Waals surface area contributed by atoms with Crippen molar-refractivity contribution < 1.29 is 22.7 Å². The van der Waals surface area contributed by atoms with Gasteiger partial charge in [0, 0.05) is 18.6 Å². The highest BCUT2D eigenvalue weighted by atomic mass is 79.9. The maximum atomic E-state index is 12.1. The van der Waals surface area contributed by atoms with Crippen LogP contribution in [0, 0.1) is 12.3 Å². The molecule has 1 rings (SSSR count). The summed E-state index contributed by atoms with van der Waals surface area (Å²) in [5.41, 5.74) is -0.00215. The lowest BCUT2D eigenvalue weighted by atomic mass is 10.2. The predicted molar refractivity (Wildman–Crippen MR) is 87.1 cm³/mol. The number of rotatable bonds is 6. The highest BCUT2D eigenvalue weighted by Gasteiger charge is 2.21. The zero-order chi connectivity index (χ0) is 17.6. The lowest BCUT2D eigenvalue weighted by Gasteiger charge is -2.13. The van der Waals surface area contributed by atoms with Crippen molar-refractivity contribution in [3.05, 3.63) is 28.2 Å². The van der Waals surface area contributed by atoms with Gasteiger partial charge >= 0.3 is 5.97 Å². The number of carbonyl (C=O) groups excluding carboxylic acids is 2. The number of esters is 1. The summed E-state index contributed by atoms with van der Waals surface area (Å²) in [6.07, 6.45) is 4.99. The number of terminal acetylenes is 1. The van der Waals surface area contributed by atoms with Gasteiger partial charge in [-0.25, -0.2) is 17.5 Å². The Bertz CT molecular complexity index is 753. The molecule has 1 aromatic carbocycles. The number of halogens is 1. The van der Waals surface area contributed by atoms with Crippen LogP contribution in [0.25, 0.3) is 0 Å². The molecule has 0 aliphatic heterocycles. The molecule has 0 aromatic heterocycles. The van der Waals surface area contributed by atoms with Crippen molar-refractivity contribution in [3.8, 4) is 12.3 Å². The Hall–Kier alpha value is -1.89. The van der Waals surface area contributed by atoms with Crippen LogP contribution in [0.1, 0.15) is 10.4 Å². The van der Waals surface area contributed by atoms with Crippen LogP contribution in [-0.4, -0.2) is 51.8 Å². The Labute approximate surface area is 143 Å². The predicted octanol–water partition coefficient (Wildman–Crippen LogP) is 0.606. The number of amides is 1. The summed E-state index contributed by atoms with van der Waals surface area (Å²) in [4.78, 5) is 23.3. The number of nitrogens with one attached hydrogen (secondary N) is 1.